The number of hydrogen-bond donors (Lipinski definition) is 2. The molecule has 4 saturated carbocycles. The largest absolute Gasteiger partial charge is 0.459 e. The lowest BCUT2D eigenvalue weighted by molar-refractivity contribution is -0.150. The molecule has 4 aliphatic rings. The van der Waals surface area contributed by atoms with Crippen LogP contribution in [0.15, 0.2) is 22.8 Å². The monoisotopic (exact) mass is 402 g/mol. The van der Waals surface area contributed by atoms with Gasteiger partial charge < -0.3 is 19.8 Å². The lowest BCUT2D eigenvalue weighted by atomic mass is 9.48. The summed E-state index contributed by atoms with van der Waals surface area (Å²) in [5.74, 6) is 1.13. The van der Waals surface area contributed by atoms with Crippen LogP contribution in [0.2, 0.25) is 0 Å². The van der Waals surface area contributed by atoms with Gasteiger partial charge in [0.2, 0.25) is 0 Å². The van der Waals surface area contributed by atoms with E-state index in [4.69, 9.17) is 9.15 Å². The molecule has 0 aromatic carbocycles. The quantitative estimate of drug-likeness (QED) is 0.684. The van der Waals surface area contributed by atoms with E-state index in [0.29, 0.717) is 0 Å². The van der Waals surface area contributed by atoms with Crippen LogP contribution in [0.1, 0.15) is 62.9 Å². The van der Waals surface area contributed by atoms with Gasteiger partial charge in [0.25, 0.3) is 11.8 Å². The maximum Gasteiger partial charge on any atom is 0.328 e. The van der Waals surface area contributed by atoms with E-state index in [9.17, 15) is 14.4 Å². The number of hydrogen-bond acceptors (Lipinski definition) is 5. The number of carbonyl (C=O) groups excluding carboxylic acids is 3. The Kier molecular flexibility index (Phi) is 5.40. The van der Waals surface area contributed by atoms with E-state index >= 15 is 0 Å². The van der Waals surface area contributed by atoms with Crippen LogP contribution in [0.25, 0.3) is 0 Å². The Labute approximate surface area is 170 Å². The molecule has 2 atom stereocenters. The summed E-state index contributed by atoms with van der Waals surface area (Å²) < 4.78 is 10.1. The number of carbonyl (C=O) groups is 3. The van der Waals surface area contributed by atoms with Crippen LogP contribution >= 0.6 is 0 Å². The second-order valence-corrected chi connectivity index (χ2v) is 9.35. The fourth-order valence-corrected chi connectivity index (χ4v) is 6.14. The van der Waals surface area contributed by atoms with Gasteiger partial charge in [0, 0.05) is 6.04 Å². The topological polar surface area (TPSA) is 97.6 Å². The normalized spacial score (nSPS) is 31.7. The summed E-state index contributed by atoms with van der Waals surface area (Å²) in [7, 11) is 0. The summed E-state index contributed by atoms with van der Waals surface area (Å²) in [4.78, 5) is 36.4. The van der Waals surface area contributed by atoms with Gasteiger partial charge >= 0.3 is 5.97 Å². The van der Waals surface area contributed by atoms with Crippen molar-refractivity contribution in [3.8, 4) is 0 Å². The number of nitrogens with one attached hydrogen (secondary N) is 2. The molecule has 4 fully saturated rings. The second kappa shape index (κ2) is 7.84. The van der Waals surface area contributed by atoms with Gasteiger partial charge in [-0.05, 0) is 87.7 Å². The van der Waals surface area contributed by atoms with Crippen molar-refractivity contribution < 1.29 is 23.5 Å². The lowest BCUT2D eigenvalue weighted by Crippen LogP contribution is -2.56. The first-order valence-electron chi connectivity index (χ1n) is 10.6. The van der Waals surface area contributed by atoms with Gasteiger partial charge in [-0.15, -0.1) is 0 Å². The SMILES string of the molecule is C[C@H](NC(=O)c1ccco1)C(=O)OCC(=O)N[C@@H](C)C12CC3CC(CC(C3)C1)C2. The van der Waals surface area contributed by atoms with E-state index in [-0.39, 0.29) is 29.7 Å². The molecule has 1 aromatic heterocycles. The van der Waals surface area contributed by atoms with E-state index in [1.54, 1.807) is 6.07 Å². The van der Waals surface area contributed by atoms with Crippen LogP contribution in [-0.4, -0.2) is 36.5 Å². The molecule has 0 saturated heterocycles. The average molecular weight is 402 g/mol. The molecule has 158 valence electrons. The maximum absolute atomic E-state index is 12.4. The van der Waals surface area contributed by atoms with Crippen LogP contribution in [-0.2, 0) is 14.3 Å². The zero-order valence-electron chi connectivity index (χ0n) is 17.1. The molecule has 2 N–H and O–H groups in total. The maximum atomic E-state index is 12.4. The molecule has 29 heavy (non-hydrogen) atoms. The molecular weight excluding hydrogens is 372 g/mol. The van der Waals surface area contributed by atoms with Crippen LogP contribution in [0.4, 0.5) is 0 Å². The van der Waals surface area contributed by atoms with E-state index < -0.39 is 17.9 Å². The molecule has 2 amide bonds. The predicted octanol–water partition coefficient (Wildman–Crippen LogP) is 2.66. The minimum absolute atomic E-state index is 0.0816. The van der Waals surface area contributed by atoms with Crippen LogP contribution in [0.3, 0.4) is 0 Å². The third-order valence-electron chi connectivity index (χ3n) is 7.17. The van der Waals surface area contributed by atoms with Crippen molar-refractivity contribution in [1.29, 1.82) is 0 Å². The van der Waals surface area contributed by atoms with Crippen molar-refractivity contribution in [1.82, 2.24) is 10.6 Å². The molecule has 5 rings (SSSR count). The summed E-state index contributed by atoms with van der Waals surface area (Å²) in [5.41, 5.74) is 0.207. The van der Waals surface area contributed by atoms with Crippen molar-refractivity contribution in [2.75, 3.05) is 6.61 Å². The van der Waals surface area contributed by atoms with E-state index in [0.717, 1.165) is 17.8 Å². The number of amides is 2. The molecule has 4 aliphatic carbocycles. The van der Waals surface area contributed by atoms with Crippen LogP contribution < -0.4 is 10.6 Å². The second-order valence-electron chi connectivity index (χ2n) is 9.35. The van der Waals surface area contributed by atoms with Crippen molar-refractivity contribution in [2.24, 2.45) is 23.2 Å². The molecule has 1 heterocycles. The minimum Gasteiger partial charge on any atom is -0.459 e. The van der Waals surface area contributed by atoms with Gasteiger partial charge in [-0.1, -0.05) is 0 Å². The Bertz CT molecular complexity index is 737. The number of ether oxygens (including phenoxy) is 1. The summed E-state index contributed by atoms with van der Waals surface area (Å²) in [5, 5.41) is 5.57. The molecule has 0 spiro atoms. The van der Waals surface area contributed by atoms with Gasteiger partial charge in [0.05, 0.1) is 6.26 Å². The van der Waals surface area contributed by atoms with Crippen LogP contribution in [0, 0.1) is 23.2 Å². The average Bonchev–Trinajstić information content (AvgIpc) is 3.19. The third-order valence-corrected chi connectivity index (χ3v) is 7.17. The summed E-state index contributed by atoms with van der Waals surface area (Å²) in [6.07, 6.45) is 9.08. The molecule has 1 aromatic rings. The minimum atomic E-state index is -0.874. The van der Waals surface area contributed by atoms with Gasteiger partial charge in [-0.25, -0.2) is 4.79 Å². The number of furan rings is 1. The van der Waals surface area contributed by atoms with Crippen molar-refractivity contribution in [3.05, 3.63) is 24.2 Å². The summed E-state index contributed by atoms with van der Waals surface area (Å²) in [6.45, 7) is 3.27. The predicted molar refractivity (Wildman–Crippen MR) is 105 cm³/mol. The van der Waals surface area contributed by atoms with Gasteiger partial charge in [0.15, 0.2) is 12.4 Å². The van der Waals surface area contributed by atoms with Gasteiger partial charge in [-0.2, -0.15) is 0 Å². The molecule has 4 bridgehead atoms. The molecule has 0 aliphatic heterocycles. The smallest absolute Gasteiger partial charge is 0.328 e. The fourth-order valence-electron chi connectivity index (χ4n) is 6.14. The fraction of sp³-hybridized carbons (Fsp3) is 0.682. The zero-order chi connectivity index (χ0) is 20.6. The Morgan fingerprint density at radius 2 is 1.72 bits per heavy atom. The van der Waals surface area contributed by atoms with E-state index in [1.165, 1.54) is 57.8 Å². The van der Waals surface area contributed by atoms with Crippen LogP contribution in [0.5, 0.6) is 0 Å². The highest BCUT2D eigenvalue weighted by atomic mass is 16.5. The Balaban J connectivity index is 1.23. The van der Waals surface area contributed by atoms with E-state index in [1.807, 2.05) is 0 Å². The van der Waals surface area contributed by atoms with Gasteiger partial charge in [0.1, 0.15) is 6.04 Å². The first kappa shape index (κ1) is 20.0. The Morgan fingerprint density at radius 1 is 1.10 bits per heavy atom. The first-order valence-corrected chi connectivity index (χ1v) is 10.6. The Morgan fingerprint density at radius 3 is 2.28 bits per heavy atom. The lowest BCUT2D eigenvalue weighted by Gasteiger charge is -2.59. The third kappa shape index (κ3) is 4.19. The highest BCUT2D eigenvalue weighted by Crippen LogP contribution is 2.61. The standard InChI is InChI=1S/C22H30N2O5/c1-13(23-20(26)18-4-3-5-28-18)21(27)29-12-19(25)24-14(2)22-9-15-6-16(10-22)8-17(7-15)11-22/h3-5,13-17H,6-12H2,1-2H3,(H,23,26)(H,24,25)/t13-,14-,15?,16?,17?,22?/m0/s1. The van der Waals surface area contributed by atoms with Crippen molar-refractivity contribution in [3.63, 3.8) is 0 Å². The highest BCUT2D eigenvalue weighted by molar-refractivity contribution is 5.94. The summed E-state index contributed by atoms with van der Waals surface area (Å²) >= 11 is 0. The van der Waals surface area contributed by atoms with Crippen molar-refractivity contribution in [2.45, 2.75) is 64.5 Å². The highest BCUT2D eigenvalue weighted by Gasteiger charge is 2.53. The van der Waals surface area contributed by atoms with E-state index in [2.05, 4.69) is 17.6 Å². The number of esters is 1. The molecule has 0 unspecified atom stereocenters. The first-order chi connectivity index (χ1) is 13.8. The summed E-state index contributed by atoms with van der Waals surface area (Å²) in [6, 6.07) is 2.30. The molecule has 0 radical (unpaired) electrons. The number of rotatable bonds is 7. The molecular formula is C22H30N2O5. The molecule has 7 heteroatoms. The molecule has 7 nitrogen and oxygen atoms in total. The zero-order valence-corrected chi connectivity index (χ0v) is 17.1. The Hall–Kier alpha value is -2.31. The van der Waals surface area contributed by atoms with Crippen molar-refractivity contribution >= 4 is 17.8 Å². The van der Waals surface area contributed by atoms with Gasteiger partial charge in [-0.3, -0.25) is 9.59 Å².